The van der Waals surface area contributed by atoms with Crippen LogP contribution in [0.1, 0.15) is 17.5 Å². The van der Waals surface area contributed by atoms with E-state index in [1.807, 2.05) is 13.0 Å². The van der Waals surface area contributed by atoms with Gasteiger partial charge in [-0.25, -0.2) is 0 Å². The Bertz CT molecular complexity index is 413. The normalized spacial score (nSPS) is 17.1. The molecule has 0 fully saturated rings. The molecule has 0 radical (unpaired) electrons. The molecule has 0 atom stereocenters. The summed E-state index contributed by atoms with van der Waals surface area (Å²) in [5.41, 5.74) is 2.57. The molecule has 0 bridgehead atoms. The number of phenolic OH excluding ortho intramolecular Hbond substituents is 1. The molecule has 1 aliphatic heterocycles. The lowest BCUT2D eigenvalue weighted by Gasteiger charge is -2.19. The van der Waals surface area contributed by atoms with Crippen molar-refractivity contribution in [2.24, 2.45) is 5.16 Å². The number of ether oxygens (including phenoxy) is 1. The number of nitrogens with zero attached hydrogens (tertiary/aromatic N) is 1. The predicted octanol–water partition coefficient (Wildman–Crippen LogP) is 1.83. The molecule has 0 aliphatic carbocycles. The van der Waals surface area contributed by atoms with Crippen molar-refractivity contribution in [1.29, 1.82) is 0 Å². The van der Waals surface area contributed by atoms with Crippen LogP contribution in [0.15, 0.2) is 17.3 Å². The third-order valence-electron chi connectivity index (χ3n) is 2.41. The third-order valence-corrected chi connectivity index (χ3v) is 2.41. The number of benzene rings is 1. The highest BCUT2D eigenvalue weighted by molar-refractivity contribution is 6.03. The first kappa shape index (κ1) is 9.83. The molecule has 0 amide bonds. The van der Waals surface area contributed by atoms with Gasteiger partial charge in [0.25, 0.3) is 0 Å². The highest BCUT2D eigenvalue weighted by Gasteiger charge is 2.19. The van der Waals surface area contributed by atoms with Crippen LogP contribution in [0.5, 0.6) is 11.5 Å². The van der Waals surface area contributed by atoms with Crippen molar-refractivity contribution in [3.63, 3.8) is 0 Å². The van der Waals surface area contributed by atoms with Crippen LogP contribution >= 0.6 is 0 Å². The van der Waals surface area contributed by atoms with E-state index in [2.05, 4.69) is 5.16 Å². The second-order valence-corrected chi connectivity index (χ2v) is 3.45. The molecule has 2 rings (SSSR count). The minimum Gasteiger partial charge on any atom is -0.508 e. The molecule has 1 aromatic rings. The van der Waals surface area contributed by atoms with E-state index in [-0.39, 0.29) is 5.75 Å². The Balaban J connectivity index is 2.52. The molecule has 4 nitrogen and oxygen atoms in total. The summed E-state index contributed by atoms with van der Waals surface area (Å²) in [5.74, 6) is 0.910. The summed E-state index contributed by atoms with van der Waals surface area (Å²) >= 11 is 0. The summed E-state index contributed by atoms with van der Waals surface area (Å²) in [6, 6.07) is 3.48. The lowest BCUT2D eigenvalue weighted by Crippen LogP contribution is -2.16. The predicted molar refractivity (Wildman–Crippen MR) is 56.5 cm³/mol. The quantitative estimate of drug-likeness (QED) is 0.715. The van der Waals surface area contributed by atoms with Crippen LogP contribution in [0.4, 0.5) is 0 Å². The van der Waals surface area contributed by atoms with E-state index in [1.165, 1.54) is 7.11 Å². The van der Waals surface area contributed by atoms with Gasteiger partial charge in [-0.15, -0.1) is 0 Å². The van der Waals surface area contributed by atoms with Crippen molar-refractivity contribution in [2.75, 3.05) is 13.7 Å². The zero-order valence-corrected chi connectivity index (χ0v) is 8.78. The molecule has 0 saturated carbocycles. The highest BCUT2D eigenvalue weighted by Crippen LogP contribution is 2.31. The van der Waals surface area contributed by atoms with Crippen LogP contribution in [0.2, 0.25) is 0 Å². The van der Waals surface area contributed by atoms with Gasteiger partial charge in [0.15, 0.2) is 0 Å². The molecule has 0 saturated heterocycles. The van der Waals surface area contributed by atoms with Crippen LogP contribution in [-0.4, -0.2) is 24.5 Å². The Morgan fingerprint density at radius 1 is 1.47 bits per heavy atom. The largest absolute Gasteiger partial charge is 0.508 e. The van der Waals surface area contributed by atoms with E-state index >= 15 is 0 Å². The number of aromatic hydroxyl groups is 1. The maximum atomic E-state index is 9.54. The number of rotatable bonds is 1. The van der Waals surface area contributed by atoms with E-state index in [9.17, 15) is 5.11 Å². The summed E-state index contributed by atoms with van der Waals surface area (Å²) in [6.07, 6.45) is 0.727. The van der Waals surface area contributed by atoms with Crippen molar-refractivity contribution in [3.05, 3.63) is 23.3 Å². The Hall–Kier alpha value is -1.71. The topological polar surface area (TPSA) is 51.0 Å². The SMILES string of the molecule is CO/N=C1\CCOc2cc(O)c(C)cc21. The summed E-state index contributed by atoms with van der Waals surface area (Å²) in [7, 11) is 1.52. The van der Waals surface area contributed by atoms with Gasteiger partial charge >= 0.3 is 0 Å². The lowest BCUT2D eigenvalue weighted by molar-refractivity contribution is 0.210. The molecule has 1 heterocycles. The fourth-order valence-corrected chi connectivity index (χ4v) is 1.62. The first-order valence-corrected chi connectivity index (χ1v) is 4.79. The molecule has 0 aromatic heterocycles. The molecule has 1 N–H and O–H groups in total. The van der Waals surface area contributed by atoms with Crippen molar-refractivity contribution in [3.8, 4) is 11.5 Å². The Labute approximate surface area is 88.1 Å². The van der Waals surface area contributed by atoms with Gasteiger partial charge in [0, 0.05) is 18.1 Å². The Kier molecular flexibility index (Phi) is 2.49. The highest BCUT2D eigenvalue weighted by atomic mass is 16.6. The molecule has 0 unspecified atom stereocenters. The monoisotopic (exact) mass is 207 g/mol. The van der Waals surface area contributed by atoms with E-state index < -0.39 is 0 Å². The average Bonchev–Trinajstić information content (AvgIpc) is 2.21. The average molecular weight is 207 g/mol. The lowest BCUT2D eigenvalue weighted by atomic mass is 10.0. The second-order valence-electron chi connectivity index (χ2n) is 3.45. The number of aryl methyl sites for hydroxylation is 1. The van der Waals surface area contributed by atoms with Crippen molar-refractivity contribution < 1.29 is 14.7 Å². The molecular formula is C11H13NO3. The zero-order chi connectivity index (χ0) is 10.8. The fraction of sp³-hybridized carbons (Fsp3) is 0.364. The van der Waals surface area contributed by atoms with E-state index in [4.69, 9.17) is 9.57 Å². The molecule has 15 heavy (non-hydrogen) atoms. The van der Waals surface area contributed by atoms with Crippen LogP contribution in [0, 0.1) is 6.92 Å². The number of hydrogen-bond acceptors (Lipinski definition) is 4. The van der Waals surface area contributed by atoms with Crippen molar-refractivity contribution >= 4 is 5.71 Å². The molecule has 80 valence electrons. The first-order chi connectivity index (χ1) is 7.22. The standard InChI is InChI=1S/C11H13NO3/c1-7-5-8-9(12-14-2)3-4-15-11(8)6-10(7)13/h5-6,13H,3-4H2,1-2H3/b12-9+. The van der Waals surface area contributed by atoms with Crippen LogP contribution < -0.4 is 4.74 Å². The molecule has 4 heteroatoms. The molecule has 1 aliphatic rings. The van der Waals surface area contributed by atoms with Gasteiger partial charge in [0.05, 0.1) is 12.3 Å². The van der Waals surface area contributed by atoms with E-state index in [1.54, 1.807) is 6.07 Å². The van der Waals surface area contributed by atoms with Gasteiger partial charge in [-0.05, 0) is 18.6 Å². The van der Waals surface area contributed by atoms with E-state index in [0.717, 1.165) is 23.3 Å². The Morgan fingerprint density at radius 3 is 3.00 bits per heavy atom. The third kappa shape index (κ3) is 1.75. The summed E-state index contributed by atoms with van der Waals surface area (Å²) < 4.78 is 5.44. The van der Waals surface area contributed by atoms with Gasteiger partial charge in [-0.2, -0.15) is 0 Å². The van der Waals surface area contributed by atoms with Crippen LogP contribution in [-0.2, 0) is 4.84 Å². The minimum atomic E-state index is 0.243. The zero-order valence-electron chi connectivity index (χ0n) is 8.78. The van der Waals surface area contributed by atoms with Crippen LogP contribution in [0.3, 0.4) is 0 Å². The minimum absolute atomic E-state index is 0.243. The number of phenols is 1. The van der Waals surface area contributed by atoms with Crippen molar-refractivity contribution in [1.82, 2.24) is 0 Å². The van der Waals surface area contributed by atoms with Gasteiger partial charge in [0.2, 0.25) is 0 Å². The summed E-state index contributed by atoms with van der Waals surface area (Å²) in [6.45, 7) is 2.41. The van der Waals surface area contributed by atoms with Gasteiger partial charge in [0.1, 0.15) is 18.6 Å². The summed E-state index contributed by atoms with van der Waals surface area (Å²) in [5, 5.41) is 13.5. The second kappa shape index (κ2) is 3.81. The van der Waals surface area contributed by atoms with Crippen LogP contribution in [0.25, 0.3) is 0 Å². The van der Waals surface area contributed by atoms with Gasteiger partial charge in [-0.1, -0.05) is 5.16 Å². The molecular weight excluding hydrogens is 194 g/mol. The maximum Gasteiger partial charge on any atom is 0.132 e. The molecule has 0 spiro atoms. The molecule has 1 aromatic carbocycles. The van der Waals surface area contributed by atoms with E-state index in [0.29, 0.717) is 12.4 Å². The number of fused-ring (bicyclic) bond motifs is 1. The smallest absolute Gasteiger partial charge is 0.132 e. The summed E-state index contributed by atoms with van der Waals surface area (Å²) in [4.78, 5) is 4.78. The number of hydrogen-bond donors (Lipinski definition) is 1. The van der Waals surface area contributed by atoms with Gasteiger partial charge in [-0.3, -0.25) is 0 Å². The fourth-order valence-electron chi connectivity index (χ4n) is 1.62. The maximum absolute atomic E-state index is 9.54. The Morgan fingerprint density at radius 2 is 2.27 bits per heavy atom. The first-order valence-electron chi connectivity index (χ1n) is 4.79. The van der Waals surface area contributed by atoms with Gasteiger partial charge < -0.3 is 14.7 Å². The number of oxime groups is 1. The van der Waals surface area contributed by atoms with Crippen molar-refractivity contribution in [2.45, 2.75) is 13.3 Å².